The van der Waals surface area contributed by atoms with Crippen LogP contribution in [0.3, 0.4) is 0 Å². The fourth-order valence-corrected chi connectivity index (χ4v) is 3.80. The van der Waals surface area contributed by atoms with Crippen molar-refractivity contribution in [3.63, 3.8) is 0 Å². The van der Waals surface area contributed by atoms with Gasteiger partial charge in [0.05, 0.1) is 28.4 Å². The van der Waals surface area contributed by atoms with Crippen molar-refractivity contribution in [1.82, 2.24) is 0 Å². The predicted octanol–water partition coefficient (Wildman–Crippen LogP) is 3.16. The Hall–Kier alpha value is -2.67. The lowest BCUT2D eigenvalue weighted by atomic mass is 9.97. The van der Waals surface area contributed by atoms with Crippen molar-refractivity contribution < 1.29 is 28.5 Å². The van der Waals surface area contributed by atoms with E-state index in [1.165, 1.54) is 28.4 Å². The Kier molecular flexibility index (Phi) is 7.12. The molecule has 0 bridgehead atoms. The van der Waals surface area contributed by atoms with Crippen molar-refractivity contribution in [3.8, 4) is 17.2 Å². The number of carbonyl (C=O) groups is 2. The number of rotatable bonds is 9. The van der Waals surface area contributed by atoms with Crippen LogP contribution in [0.1, 0.15) is 5.56 Å². The lowest BCUT2D eigenvalue weighted by Gasteiger charge is -2.26. The summed E-state index contributed by atoms with van der Waals surface area (Å²) in [6.07, 6.45) is 0.638. The summed E-state index contributed by atoms with van der Waals surface area (Å²) in [6.45, 7) is 0. The van der Waals surface area contributed by atoms with Gasteiger partial charge in [-0.2, -0.15) is 0 Å². The predicted molar refractivity (Wildman–Crippen MR) is 103 cm³/mol. The maximum Gasteiger partial charge on any atom is 0.330 e. The Balaban J connectivity index is 2.55. The van der Waals surface area contributed by atoms with E-state index in [2.05, 4.69) is 0 Å². The molecule has 0 spiro atoms. The minimum atomic E-state index is -1.49. The maximum atomic E-state index is 12.6. The molecule has 0 aliphatic heterocycles. The molecule has 0 saturated carbocycles. The molecule has 0 aliphatic carbocycles. The second kappa shape index (κ2) is 9.32. The first-order chi connectivity index (χ1) is 13.0. The quantitative estimate of drug-likeness (QED) is 0.282. The number of methoxy groups -OCH3 is 4. The Morgan fingerprint density at radius 3 is 2.04 bits per heavy atom. The third-order valence-electron chi connectivity index (χ3n) is 4.02. The number of benzene rings is 2. The van der Waals surface area contributed by atoms with E-state index in [9.17, 15) is 9.59 Å². The van der Waals surface area contributed by atoms with E-state index in [0.717, 1.165) is 16.7 Å². The standard InChI is InChI=1S/C20H22O6S/c1-23-14-10-17(24-2)16(18(11-14)25-3)12-20(13-21,19(22)26-4)27-15-8-6-5-7-9-15/h5-11,13H,12H2,1-4H3/t20-/m1/s1. The number of carbonyl (C=O) groups excluding carboxylic acids is 2. The minimum Gasteiger partial charge on any atom is -0.496 e. The van der Waals surface area contributed by atoms with E-state index >= 15 is 0 Å². The molecule has 0 heterocycles. The van der Waals surface area contributed by atoms with Crippen LogP contribution in [0.4, 0.5) is 0 Å². The van der Waals surface area contributed by atoms with E-state index < -0.39 is 10.7 Å². The number of ether oxygens (including phenoxy) is 4. The Morgan fingerprint density at radius 2 is 1.59 bits per heavy atom. The summed E-state index contributed by atoms with van der Waals surface area (Å²) in [6, 6.07) is 12.5. The molecule has 2 aromatic rings. The summed E-state index contributed by atoms with van der Waals surface area (Å²) >= 11 is 1.13. The highest BCUT2D eigenvalue weighted by Crippen LogP contribution is 2.42. The summed E-state index contributed by atoms with van der Waals surface area (Å²) in [5.74, 6) is 0.800. The lowest BCUT2D eigenvalue weighted by molar-refractivity contribution is -0.144. The molecule has 1 atom stereocenters. The molecule has 7 heteroatoms. The zero-order valence-corrected chi connectivity index (χ0v) is 16.5. The van der Waals surface area contributed by atoms with Gasteiger partial charge in [0.2, 0.25) is 0 Å². The van der Waals surface area contributed by atoms with E-state index in [4.69, 9.17) is 18.9 Å². The van der Waals surface area contributed by atoms with Crippen LogP contribution < -0.4 is 14.2 Å². The zero-order valence-electron chi connectivity index (χ0n) is 15.7. The molecule has 0 aromatic heterocycles. The van der Waals surface area contributed by atoms with Crippen LogP contribution in [0, 0.1) is 0 Å². The second-order valence-corrected chi connectivity index (χ2v) is 7.01. The zero-order chi connectivity index (χ0) is 19.9. The van der Waals surface area contributed by atoms with E-state index in [0.29, 0.717) is 29.1 Å². The van der Waals surface area contributed by atoms with Crippen molar-refractivity contribution >= 4 is 24.0 Å². The fraction of sp³-hybridized carbons (Fsp3) is 0.300. The van der Waals surface area contributed by atoms with Crippen molar-refractivity contribution in [1.29, 1.82) is 0 Å². The third kappa shape index (κ3) is 4.54. The normalized spacial score (nSPS) is 12.6. The first-order valence-electron chi connectivity index (χ1n) is 8.11. The fourth-order valence-electron chi connectivity index (χ4n) is 2.65. The van der Waals surface area contributed by atoms with Crippen molar-refractivity contribution in [2.75, 3.05) is 28.4 Å². The van der Waals surface area contributed by atoms with Gasteiger partial charge in [0.1, 0.15) is 23.5 Å². The number of esters is 1. The van der Waals surface area contributed by atoms with Gasteiger partial charge in [-0.15, -0.1) is 0 Å². The van der Waals surface area contributed by atoms with Crippen LogP contribution in [0.15, 0.2) is 47.4 Å². The summed E-state index contributed by atoms with van der Waals surface area (Å²) in [5, 5.41) is 0. The summed E-state index contributed by atoms with van der Waals surface area (Å²) < 4.78 is 19.6. The average Bonchev–Trinajstić information content (AvgIpc) is 2.73. The number of aldehydes is 1. The minimum absolute atomic E-state index is 0.0269. The third-order valence-corrected chi connectivity index (χ3v) is 5.30. The van der Waals surface area contributed by atoms with Crippen molar-refractivity contribution in [2.45, 2.75) is 16.1 Å². The lowest BCUT2D eigenvalue weighted by Crippen LogP contribution is -2.40. The summed E-state index contributed by atoms with van der Waals surface area (Å²) in [5.41, 5.74) is 0.571. The van der Waals surface area contributed by atoms with Gasteiger partial charge in [-0.1, -0.05) is 30.0 Å². The van der Waals surface area contributed by atoms with E-state index in [-0.39, 0.29) is 6.42 Å². The van der Waals surface area contributed by atoms with Gasteiger partial charge in [-0.3, -0.25) is 4.79 Å². The van der Waals surface area contributed by atoms with Crippen LogP contribution in [-0.2, 0) is 20.7 Å². The molecule has 0 radical (unpaired) electrons. The van der Waals surface area contributed by atoms with Gasteiger partial charge < -0.3 is 23.7 Å². The Labute approximate surface area is 162 Å². The maximum absolute atomic E-state index is 12.6. The van der Waals surface area contributed by atoms with Crippen LogP contribution in [0.5, 0.6) is 17.2 Å². The topological polar surface area (TPSA) is 71.1 Å². The van der Waals surface area contributed by atoms with Gasteiger partial charge in [0, 0.05) is 29.0 Å². The van der Waals surface area contributed by atoms with Crippen LogP contribution in [0.2, 0.25) is 0 Å². The first kappa shape index (κ1) is 20.6. The molecule has 0 N–H and O–H groups in total. The second-order valence-electron chi connectivity index (χ2n) is 5.60. The molecule has 0 saturated heterocycles. The Bertz CT molecular complexity index is 767. The highest BCUT2D eigenvalue weighted by molar-refractivity contribution is 8.02. The number of thioether (sulfide) groups is 1. The molecule has 0 aliphatic rings. The van der Waals surface area contributed by atoms with Crippen LogP contribution in [0.25, 0.3) is 0 Å². The molecular formula is C20H22O6S. The van der Waals surface area contributed by atoms with Gasteiger partial charge in [-0.05, 0) is 12.1 Å². The molecule has 2 rings (SSSR count). The van der Waals surface area contributed by atoms with Crippen molar-refractivity contribution in [2.24, 2.45) is 0 Å². The monoisotopic (exact) mass is 390 g/mol. The van der Waals surface area contributed by atoms with E-state index in [1.54, 1.807) is 12.1 Å². The largest absolute Gasteiger partial charge is 0.496 e. The number of hydrogen-bond acceptors (Lipinski definition) is 7. The molecule has 0 unspecified atom stereocenters. The molecular weight excluding hydrogens is 368 g/mol. The van der Waals surface area contributed by atoms with Crippen molar-refractivity contribution in [3.05, 3.63) is 48.0 Å². The van der Waals surface area contributed by atoms with Gasteiger partial charge >= 0.3 is 5.97 Å². The number of hydrogen-bond donors (Lipinski definition) is 0. The Morgan fingerprint density at radius 1 is 1.00 bits per heavy atom. The van der Waals surface area contributed by atoms with Crippen LogP contribution in [-0.4, -0.2) is 45.4 Å². The molecule has 144 valence electrons. The molecule has 0 fully saturated rings. The smallest absolute Gasteiger partial charge is 0.330 e. The molecule has 0 amide bonds. The summed E-state index contributed by atoms with van der Waals surface area (Å²) in [4.78, 5) is 25.5. The average molecular weight is 390 g/mol. The molecule has 2 aromatic carbocycles. The van der Waals surface area contributed by atoms with Gasteiger partial charge in [0.15, 0.2) is 4.75 Å². The van der Waals surface area contributed by atoms with Crippen LogP contribution >= 0.6 is 11.8 Å². The molecule has 27 heavy (non-hydrogen) atoms. The first-order valence-corrected chi connectivity index (χ1v) is 8.93. The summed E-state index contributed by atoms with van der Waals surface area (Å²) in [7, 11) is 5.80. The highest BCUT2D eigenvalue weighted by Gasteiger charge is 2.43. The van der Waals surface area contributed by atoms with Gasteiger partial charge in [0.25, 0.3) is 0 Å². The molecule has 6 nitrogen and oxygen atoms in total. The van der Waals surface area contributed by atoms with E-state index in [1.807, 2.05) is 30.3 Å². The SMILES string of the molecule is COC(=O)[C@](C=O)(Cc1c(OC)cc(OC)cc1OC)Sc1ccccc1. The van der Waals surface area contributed by atoms with Gasteiger partial charge in [-0.25, -0.2) is 0 Å². The highest BCUT2D eigenvalue weighted by atomic mass is 32.2.